The average Bonchev–Trinajstić information content (AvgIpc) is 2.30. The predicted molar refractivity (Wildman–Crippen MR) is 66.4 cm³/mol. The Labute approximate surface area is 106 Å². The highest BCUT2D eigenvalue weighted by Crippen LogP contribution is 2.17. The summed E-state index contributed by atoms with van der Waals surface area (Å²) in [6, 6.07) is 4.48. The van der Waals surface area contributed by atoms with E-state index >= 15 is 0 Å². The number of carbonyl (C=O) groups excluding carboxylic acids is 1. The Morgan fingerprint density at radius 1 is 1.53 bits per heavy atom. The van der Waals surface area contributed by atoms with E-state index in [-0.39, 0.29) is 10.9 Å². The molecule has 0 atom stereocenters. The summed E-state index contributed by atoms with van der Waals surface area (Å²) in [4.78, 5) is 13.2. The molecule has 0 spiro atoms. The van der Waals surface area contributed by atoms with E-state index in [9.17, 15) is 9.18 Å². The third-order valence-corrected chi connectivity index (χ3v) is 2.71. The summed E-state index contributed by atoms with van der Waals surface area (Å²) in [6.07, 6.45) is 0.446. The summed E-state index contributed by atoms with van der Waals surface area (Å²) in [5, 5.41) is 3.00. The molecule has 0 unspecified atom stereocenters. The number of nitrogens with one attached hydrogen (secondary N) is 1. The highest BCUT2D eigenvalue weighted by Gasteiger charge is 2.09. The molecule has 1 aromatic carbocycles. The van der Waals surface area contributed by atoms with Crippen LogP contribution in [0.4, 0.5) is 4.39 Å². The van der Waals surface area contributed by atoms with E-state index in [1.165, 1.54) is 6.07 Å². The molecule has 0 saturated carbocycles. The van der Waals surface area contributed by atoms with Crippen molar-refractivity contribution in [2.24, 2.45) is 0 Å². The monoisotopic (exact) mass is 258 g/mol. The Morgan fingerprint density at radius 3 is 2.82 bits per heavy atom. The Morgan fingerprint density at radius 2 is 2.24 bits per heavy atom. The molecule has 94 valence electrons. The van der Waals surface area contributed by atoms with E-state index in [2.05, 4.69) is 5.32 Å². The summed E-state index contributed by atoms with van der Waals surface area (Å²) in [6.45, 7) is 1.08. The summed E-state index contributed by atoms with van der Waals surface area (Å²) in [7, 11) is 3.52. The van der Waals surface area contributed by atoms with Gasteiger partial charge in [0.05, 0.1) is 5.02 Å². The first-order valence-corrected chi connectivity index (χ1v) is 5.75. The smallest absolute Gasteiger partial charge is 0.223 e. The summed E-state index contributed by atoms with van der Waals surface area (Å²) < 4.78 is 12.9. The molecular weight excluding hydrogens is 243 g/mol. The molecule has 0 heterocycles. The second-order valence-corrected chi connectivity index (χ2v) is 4.26. The van der Waals surface area contributed by atoms with Crippen molar-refractivity contribution in [3.05, 3.63) is 34.6 Å². The van der Waals surface area contributed by atoms with Gasteiger partial charge in [0.1, 0.15) is 5.82 Å². The number of nitrogens with zero attached hydrogens (tertiary/aromatic N) is 1. The number of carbonyl (C=O) groups is 1. The van der Waals surface area contributed by atoms with E-state index in [1.807, 2.05) is 0 Å². The quantitative estimate of drug-likeness (QED) is 0.877. The largest absolute Gasteiger partial charge is 0.341 e. The van der Waals surface area contributed by atoms with E-state index in [0.29, 0.717) is 19.5 Å². The maximum absolute atomic E-state index is 12.9. The molecule has 0 aromatic heterocycles. The first kappa shape index (κ1) is 13.9. The molecule has 0 aliphatic rings. The van der Waals surface area contributed by atoms with Crippen LogP contribution in [-0.2, 0) is 11.3 Å². The van der Waals surface area contributed by atoms with E-state index in [0.717, 1.165) is 5.56 Å². The lowest BCUT2D eigenvalue weighted by Crippen LogP contribution is -2.28. The zero-order chi connectivity index (χ0) is 12.8. The van der Waals surface area contributed by atoms with E-state index in [4.69, 9.17) is 11.6 Å². The van der Waals surface area contributed by atoms with Crippen LogP contribution in [0.25, 0.3) is 0 Å². The van der Waals surface area contributed by atoms with Crippen LogP contribution >= 0.6 is 11.6 Å². The normalized spacial score (nSPS) is 10.4. The van der Waals surface area contributed by atoms with Crippen LogP contribution < -0.4 is 5.32 Å². The van der Waals surface area contributed by atoms with E-state index in [1.54, 1.807) is 31.1 Å². The minimum absolute atomic E-state index is 0.0415. The molecule has 3 nitrogen and oxygen atoms in total. The molecule has 1 N–H and O–H groups in total. The van der Waals surface area contributed by atoms with Crippen molar-refractivity contribution >= 4 is 17.5 Å². The van der Waals surface area contributed by atoms with Crippen molar-refractivity contribution in [1.82, 2.24) is 10.2 Å². The zero-order valence-electron chi connectivity index (χ0n) is 9.96. The highest BCUT2D eigenvalue weighted by atomic mass is 35.5. The van der Waals surface area contributed by atoms with Crippen LogP contribution in [0.1, 0.15) is 12.0 Å². The molecule has 1 amide bonds. The molecule has 0 aliphatic heterocycles. The molecule has 0 bridgehead atoms. The minimum Gasteiger partial charge on any atom is -0.341 e. The third kappa shape index (κ3) is 4.32. The van der Waals surface area contributed by atoms with Gasteiger partial charge in [-0.2, -0.15) is 0 Å². The lowest BCUT2D eigenvalue weighted by Gasteiger charge is -2.17. The molecule has 5 heteroatoms. The third-order valence-electron chi connectivity index (χ3n) is 2.42. The lowest BCUT2D eigenvalue weighted by molar-refractivity contribution is -0.130. The Kier molecular flexibility index (Phi) is 5.38. The van der Waals surface area contributed by atoms with Gasteiger partial charge in [-0.25, -0.2) is 4.39 Å². The predicted octanol–water partition coefficient (Wildman–Crippen LogP) is 2.05. The van der Waals surface area contributed by atoms with Crippen LogP contribution in [0.3, 0.4) is 0 Å². The van der Waals surface area contributed by atoms with Crippen molar-refractivity contribution < 1.29 is 9.18 Å². The van der Waals surface area contributed by atoms with Gasteiger partial charge in [-0.15, -0.1) is 0 Å². The molecular formula is C12H16ClFN2O. The molecule has 0 aliphatic carbocycles. The second-order valence-electron chi connectivity index (χ2n) is 3.85. The van der Waals surface area contributed by atoms with Gasteiger partial charge in [0.25, 0.3) is 0 Å². The molecule has 0 radical (unpaired) electrons. The number of hydrogen-bond acceptors (Lipinski definition) is 2. The average molecular weight is 259 g/mol. The Balaban J connectivity index is 2.58. The molecule has 17 heavy (non-hydrogen) atoms. The van der Waals surface area contributed by atoms with Gasteiger partial charge in [-0.05, 0) is 24.7 Å². The maximum Gasteiger partial charge on any atom is 0.223 e. The number of rotatable bonds is 5. The van der Waals surface area contributed by atoms with Gasteiger partial charge in [0.15, 0.2) is 0 Å². The topological polar surface area (TPSA) is 32.3 Å². The first-order valence-electron chi connectivity index (χ1n) is 5.37. The Hall–Kier alpha value is -1.13. The molecule has 0 saturated heterocycles. The van der Waals surface area contributed by atoms with Crippen LogP contribution in [0.2, 0.25) is 5.02 Å². The fraction of sp³-hybridized carbons (Fsp3) is 0.417. The van der Waals surface area contributed by atoms with Crippen molar-refractivity contribution in [2.75, 3.05) is 20.6 Å². The van der Waals surface area contributed by atoms with Gasteiger partial charge in [-0.1, -0.05) is 17.7 Å². The van der Waals surface area contributed by atoms with Crippen molar-refractivity contribution in [3.63, 3.8) is 0 Å². The van der Waals surface area contributed by atoms with Crippen LogP contribution in [0, 0.1) is 5.82 Å². The fourth-order valence-electron chi connectivity index (χ4n) is 1.42. The van der Waals surface area contributed by atoms with E-state index < -0.39 is 5.82 Å². The Bertz CT molecular complexity index is 398. The summed E-state index contributed by atoms with van der Waals surface area (Å²) >= 11 is 5.67. The summed E-state index contributed by atoms with van der Waals surface area (Å²) in [5.41, 5.74) is 0.816. The fourth-order valence-corrected chi connectivity index (χ4v) is 1.63. The number of amides is 1. The maximum atomic E-state index is 12.9. The van der Waals surface area contributed by atoms with Gasteiger partial charge >= 0.3 is 0 Å². The van der Waals surface area contributed by atoms with Gasteiger partial charge in [0.2, 0.25) is 5.91 Å². The SMILES string of the molecule is CNCCC(=O)N(C)Cc1ccc(F)c(Cl)c1. The van der Waals surface area contributed by atoms with Crippen LogP contribution in [0.5, 0.6) is 0 Å². The molecule has 0 fully saturated rings. The number of benzene rings is 1. The van der Waals surface area contributed by atoms with Crippen LogP contribution in [-0.4, -0.2) is 31.4 Å². The second kappa shape index (κ2) is 6.57. The van der Waals surface area contributed by atoms with Crippen molar-refractivity contribution in [2.45, 2.75) is 13.0 Å². The van der Waals surface area contributed by atoms with Gasteiger partial charge in [-0.3, -0.25) is 4.79 Å². The lowest BCUT2D eigenvalue weighted by atomic mass is 10.2. The molecule has 1 rings (SSSR count). The zero-order valence-corrected chi connectivity index (χ0v) is 10.7. The van der Waals surface area contributed by atoms with Crippen LogP contribution in [0.15, 0.2) is 18.2 Å². The minimum atomic E-state index is -0.445. The number of halogens is 2. The first-order chi connectivity index (χ1) is 8.04. The standard InChI is InChI=1S/C12H16ClFN2O/c1-15-6-5-12(17)16(2)8-9-3-4-11(14)10(13)7-9/h3-4,7,15H,5-6,8H2,1-2H3. The van der Waals surface area contributed by atoms with Crippen molar-refractivity contribution in [3.8, 4) is 0 Å². The van der Waals surface area contributed by atoms with Crippen molar-refractivity contribution in [1.29, 1.82) is 0 Å². The highest BCUT2D eigenvalue weighted by molar-refractivity contribution is 6.30. The van der Waals surface area contributed by atoms with Gasteiger partial charge in [0, 0.05) is 26.6 Å². The molecule has 1 aromatic rings. The van der Waals surface area contributed by atoms with Gasteiger partial charge < -0.3 is 10.2 Å². The summed E-state index contributed by atoms with van der Waals surface area (Å²) in [5.74, 6) is -0.403. The number of hydrogen-bond donors (Lipinski definition) is 1.